The van der Waals surface area contributed by atoms with Crippen LogP contribution in [-0.2, 0) is 9.59 Å². The highest BCUT2D eigenvalue weighted by Crippen LogP contribution is 2.13. The molecule has 2 amide bonds. The van der Waals surface area contributed by atoms with Crippen molar-refractivity contribution in [2.75, 3.05) is 18.6 Å². The van der Waals surface area contributed by atoms with Gasteiger partial charge < -0.3 is 10.2 Å². The number of nitrogens with zero attached hydrogens (tertiary/aromatic N) is 1. The molecule has 2 atom stereocenters. The quantitative estimate of drug-likeness (QED) is 0.764. The van der Waals surface area contributed by atoms with Crippen molar-refractivity contribution in [1.82, 2.24) is 10.2 Å². The lowest BCUT2D eigenvalue weighted by atomic mass is 10.1. The van der Waals surface area contributed by atoms with Crippen molar-refractivity contribution in [3.8, 4) is 0 Å². The molecule has 0 aliphatic carbocycles. The van der Waals surface area contributed by atoms with E-state index in [0.29, 0.717) is 13.0 Å². The number of piperazine rings is 1. The molecule has 5 heteroatoms. The fourth-order valence-electron chi connectivity index (χ4n) is 1.78. The SMILES string of the molecule is CCC1C(=O)NC(C)C(=O)N1CCSC. The van der Waals surface area contributed by atoms with Crippen molar-refractivity contribution in [2.24, 2.45) is 0 Å². The summed E-state index contributed by atoms with van der Waals surface area (Å²) in [7, 11) is 0. The molecular formula is C10H18N2O2S. The second-order valence-corrected chi connectivity index (χ2v) is 4.66. The summed E-state index contributed by atoms with van der Waals surface area (Å²) >= 11 is 1.69. The van der Waals surface area contributed by atoms with Gasteiger partial charge in [0, 0.05) is 12.3 Å². The molecule has 0 bridgehead atoms. The van der Waals surface area contributed by atoms with Crippen LogP contribution < -0.4 is 5.32 Å². The van der Waals surface area contributed by atoms with E-state index in [1.165, 1.54) is 0 Å². The lowest BCUT2D eigenvalue weighted by Crippen LogP contribution is -2.62. The molecule has 0 radical (unpaired) electrons. The molecule has 86 valence electrons. The van der Waals surface area contributed by atoms with Crippen LogP contribution in [0.4, 0.5) is 0 Å². The van der Waals surface area contributed by atoms with Gasteiger partial charge in [0.05, 0.1) is 0 Å². The van der Waals surface area contributed by atoms with E-state index in [1.807, 2.05) is 13.2 Å². The Balaban J connectivity index is 2.74. The van der Waals surface area contributed by atoms with Gasteiger partial charge in [-0.15, -0.1) is 0 Å². The van der Waals surface area contributed by atoms with E-state index < -0.39 is 0 Å². The van der Waals surface area contributed by atoms with Crippen LogP contribution in [0.3, 0.4) is 0 Å². The van der Waals surface area contributed by atoms with E-state index in [2.05, 4.69) is 5.32 Å². The fraction of sp³-hybridized carbons (Fsp3) is 0.800. The Morgan fingerprint density at radius 3 is 2.67 bits per heavy atom. The maximum absolute atomic E-state index is 11.8. The molecule has 1 aliphatic heterocycles. The van der Waals surface area contributed by atoms with Crippen molar-refractivity contribution in [3.63, 3.8) is 0 Å². The highest BCUT2D eigenvalue weighted by molar-refractivity contribution is 7.98. The summed E-state index contributed by atoms with van der Waals surface area (Å²) in [5, 5.41) is 2.70. The molecule has 0 aromatic carbocycles. The maximum atomic E-state index is 11.8. The lowest BCUT2D eigenvalue weighted by molar-refractivity contribution is -0.148. The standard InChI is InChI=1S/C10H18N2O2S/c1-4-8-9(13)11-7(2)10(14)12(8)5-6-15-3/h7-8H,4-6H2,1-3H3,(H,11,13). The van der Waals surface area contributed by atoms with E-state index in [9.17, 15) is 9.59 Å². The predicted octanol–water partition coefficient (Wildman–Crippen LogP) is 0.475. The summed E-state index contributed by atoms with van der Waals surface area (Å²) in [6.07, 6.45) is 2.68. The van der Waals surface area contributed by atoms with Crippen molar-refractivity contribution < 1.29 is 9.59 Å². The molecule has 1 saturated heterocycles. The Labute approximate surface area is 94.8 Å². The van der Waals surface area contributed by atoms with Crippen molar-refractivity contribution in [3.05, 3.63) is 0 Å². The van der Waals surface area contributed by atoms with Crippen LogP contribution in [0.1, 0.15) is 20.3 Å². The first-order valence-electron chi connectivity index (χ1n) is 5.21. The van der Waals surface area contributed by atoms with E-state index >= 15 is 0 Å². The van der Waals surface area contributed by atoms with Crippen molar-refractivity contribution in [1.29, 1.82) is 0 Å². The van der Waals surface area contributed by atoms with Crippen LogP contribution in [0, 0.1) is 0 Å². The zero-order valence-corrected chi connectivity index (χ0v) is 10.3. The minimum atomic E-state index is -0.373. The molecule has 0 aromatic heterocycles. The van der Waals surface area contributed by atoms with Crippen LogP contribution in [-0.4, -0.2) is 47.4 Å². The van der Waals surface area contributed by atoms with Gasteiger partial charge in [0.15, 0.2) is 0 Å². The van der Waals surface area contributed by atoms with E-state index in [1.54, 1.807) is 23.6 Å². The largest absolute Gasteiger partial charge is 0.343 e. The molecule has 1 N–H and O–H groups in total. The van der Waals surface area contributed by atoms with Crippen LogP contribution in [0.2, 0.25) is 0 Å². The smallest absolute Gasteiger partial charge is 0.245 e. The first-order valence-corrected chi connectivity index (χ1v) is 6.61. The number of hydrogen-bond acceptors (Lipinski definition) is 3. The third-order valence-electron chi connectivity index (χ3n) is 2.61. The summed E-state index contributed by atoms with van der Waals surface area (Å²) in [6.45, 7) is 4.33. The summed E-state index contributed by atoms with van der Waals surface area (Å²) in [5.74, 6) is 0.892. The highest BCUT2D eigenvalue weighted by Gasteiger charge is 2.36. The monoisotopic (exact) mass is 230 g/mol. The van der Waals surface area contributed by atoms with Crippen LogP contribution in [0.15, 0.2) is 0 Å². The number of carbonyl (C=O) groups is 2. The highest BCUT2D eigenvalue weighted by atomic mass is 32.2. The number of thioether (sulfide) groups is 1. The minimum absolute atomic E-state index is 0.0225. The number of hydrogen-bond donors (Lipinski definition) is 1. The molecule has 1 heterocycles. The molecular weight excluding hydrogens is 212 g/mol. The van der Waals surface area contributed by atoms with E-state index in [-0.39, 0.29) is 23.9 Å². The Hall–Kier alpha value is -0.710. The van der Waals surface area contributed by atoms with Gasteiger partial charge in [0.1, 0.15) is 12.1 Å². The van der Waals surface area contributed by atoms with Crippen LogP contribution in [0.5, 0.6) is 0 Å². The van der Waals surface area contributed by atoms with Gasteiger partial charge in [0.2, 0.25) is 11.8 Å². The third kappa shape index (κ3) is 2.65. The van der Waals surface area contributed by atoms with Gasteiger partial charge in [-0.25, -0.2) is 0 Å². The third-order valence-corrected chi connectivity index (χ3v) is 3.20. The van der Waals surface area contributed by atoms with E-state index in [0.717, 1.165) is 5.75 Å². The van der Waals surface area contributed by atoms with Gasteiger partial charge in [-0.05, 0) is 19.6 Å². The van der Waals surface area contributed by atoms with Gasteiger partial charge >= 0.3 is 0 Å². The van der Waals surface area contributed by atoms with Crippen molar-refractivity contribution in [2.45, 2.75) is 32.4 Å². The molecule has 0 saturated carbocycles. The van der Waals surface area contributed by atoms with Gasteiger partial charge in [-0.2, -0.15) is 11.8 Å². The van der Waals surface area contributed by atoms with Crippen LogP contribution in [0.25, 0.3) is 0 Å². The first kappa shape index (κ1) is 12.4. The molecule has 15 heavy (non-hydrogen) atoms. The van der Waals surface area contributed by atoms with Gasteiger partial charge in [0.25, 0.3) is 0 Å². The summed E-state index contributed by atoms with van der Waals surface area (Å²) < 4.78 is 0. The number of amides is 2. The Morgan fingerprint density at radius 2 is 2.13 bits per heavy atom. The average Bonchev–Trinajstić information content (AvgIpc) is 2.21. The zero-order valence-electron chi connectivity index (χ0n) is 9.45. The lowest BCUT2D eigenvalue weighted by Gasteiger charge is -2.37. The van der Waals surface area contributed by atoms with Crippen molar-refractivity contribution >= 4 is 23.6 Å². The molecule has 0 spiro atoms. The zero-order chi connectivity index (χ0) is 11.4. The minimum Gasteiger partial charge on any atom is -0.343 e. The van der Waals surface area contributed by atoms with Gasteiger partial charge in [-0.1, -0.05) is 6.92 Å². The summed E-state index contributed by atoms with van der Waals surface area (Å²) in [4.78, 5) is 25.2. The Kier molecular flexibility index (Phi) is 4.45. The Morgan fingerprint density at radius 1 is 1.47 bits per heavy atom. The molecule has 0 aromatic rings. The molecule has 1 aliphatic rings. The molecule has 1 rings (SSSR count). The second kappa shape index (κ2) is 5.39. The Bertz CT molecular complexity index is 258. The summed E-state index contributed by atoms with van der Waals surface area (Å²) in [6, 6.07) is -0.650. The predicted molar refractivity (Wildman–Crippen MR) is 61.8 cm³/mol. The summed E-state index contributed by atoms with van der Waals surface area (Å²) in [5.41, 5.74) is 0. The number of rotatable bonds is 4. The average molecular weight is 230 g/mol. The van der Waals surface area contributed by atoms with Gasteiger partial charge in [-0.3, -0.25) is 9.59 Å². The number of nitrogens with one attached hydrogen (secondary N) is 1. The maximum Gasteiger partial charge on any atom is 0.245 e. The topological polar surface area (TPSA) is 49.4 Å². The second-order valence-electron chi connectivity index (χ2n) is 3.68. The van der Waals surface area contributed by atoms with E-state index in [4.69, 9.17) is 0 Å². The fourth-order valence-corrected chi connectivity index (χ4v) is 2.16. The van der Waals surface area contributed by atoms with Crippen LogP contribution >= 0.6 is 11.8 Å². The normalized spacial score (nSPS) is 26.7. The molecule has 4 nitrogen and oxygen atoms in total. The molecule has 1 fully saturated rings. The molecule has 2 unspecified atom stereocenters. The first-order chi connectivity index (χ1) is 7.11. The number of carbonyl (C=O) groups excluding carboxylic acids is 2.